The summed E-state index contributed by atoms with van der Waals surface area (Å²) >= 11 is 1.69. The summed E-state index contributed by atoms with van der Waals surface area (Å²) < 4.78 is 3.17. The van der Waals surface area contributed by atoms with E-state index < -0.39 is 0 Å². The number of rotatable bonds is 4. The van der Waals surface area contributed by atoms with E-state index in [1.54, 1.807) is 17.5 Å². The van der Waals surface area contributed by atoms with Crippen LogP contribution in [0.25, 0.3) is 10.2 Å². The van der Waals surface area contributed by atoms with E-state index in [0.29, 0.717) is 12.5 Å². The zero-order chi connectivity index (χ0) is 16.4. The second-order valence-electron chi connectivity index (χ2n) is 6.20. The summed E-state index contributed by atoms with van der Waals surface area (Å²) in [6.45, 7) is 1.62. The van der Waals surface area contributed by atoms with Gasteiger partial charge in [-0.25, -0.2) is 4.98 Å². The fourth-order valence-electron chi connectivity index (χ4n) is 3.29. The van der Waals surface area contributed by atoms with Crippen LogP contribution in [-0.2, 0) is 11.2 Å². The molecule has 1 aliphatic heterocycles. The molecule has 1 aliphatic rings. The molecular weight excluding hydrogens is 320 g/mol. The van der Waals surface area contributed by atoms with Crippen LogP contribution in [0.4, 0.5) is 0 Å². The number of hydrogen-bond donors (Lipinski definition) is 0. The topological polar surface area (TPSA) is 51.0 Å². The lowest BCUT2D eigenvalue weighted by Crippen LogP contribution is -2.40. The molecule has 6 heteroatoms. The Labute approximate surface area is 144 Å². The molecule has 0 radical (unpaired) electrons. The van der Waals surface area contributed by atoms with Gasteiger partial charge in [-0.15, -0.1) is 11.3 Å². The molecule has 24 heavy (non-hydrogen) atoms. The van der Waals surface area contributed by atoms with E-state index in [0.717, 1.165) is 42.9 Å². The molecule has 0 unspecified atom stereocenters. The number of carbonyl (C=O) groups excluding carboxylic acids is 1. The van der Waals surface area contributed by atoms with Gasteiger partial charge in [0.15, 0.2) is 0 Å². The molecule has 1 fully saturated rings. The lowest BCUT2D eigenvalue weighted by atomic mass is 10.1. The molecule has 0 spiro atoms. The summed E-state index contributed by atoms with van der Waals surface area (Å²) in [7, 11) is 0. The highest BCUT2D eigenvalue weighted by Crippen LogP contribution is 2.24. The summed E-state index contributed by atoms with van der Waals surface area (Å²) in [6, 6.07) is 10.4. The van der Waals surface area contributed by atoms with Crippen LogP contribution in [0, 0.1) is 0 Å². The van der Waals surface area contributed by atoms with Crippen molar-refractivity contribution in [2.45, 2.75) is 31.7 Å². The first-order valence-electron chi connectivity index (χ1n) is 8.41. The molecule has 4 rings (SSSR count). The molecule has 1 atom stereocenters. The second kappa shape index (κ2) is 6.73. The molecule has 1 amide bonds. The molecular formula is C18H20N4OS. The fourth-order valence-corrected chi connectivity index (χ4v) is 4.26. The first kappa shape index (κ1) is 15.3. The minimum Gasteiger partial charge on any atom is -0.341 e. The molecule has 1 aromatic carbocycles. The number of piperidine rings is 1. The van der Waals surface area contributed by atoms with E-state index in [-0.39, 0.29) is 5.91 Å². The number of likely N-dealkylation sites (tertiary alicyclic amines) is 1. The van der Waals surface area contributed by atoms with Gasteiger partial charge < -0.3 is 4.90 Å². The average Bonchev–Trinajstić information content (AvgIpc) is 3.29. The van der Waals surface area contributed by atoms with Gasteiger partial charge in [0, 0.05) is 38.3 Å². The summed E-state index contributed by atoms with van der Waals surface area (Å²) in [4.78, 5) is 19.2. The molecule has 0 saturated carbocycles. The molecule has 0 aliphatic carbocycles. The van der Waals surface area contributed by atoms with Gasteiger partial charge in [-0.1, -0.05) is 12.1 Å². The van der Waals surface area contributed by atoms with Crippen LogP contribution in [0.3, 0.4) is 0 Å². The standard InChI is InChI=1S/C18H20N4OS/c23-18(9-8-17-20-15-6-1-2-7-16(15)24-17)21-11-3-5-14(13-21)22-12-4-10-19-22/h1-2,4,6-7,10,12,14H,3,5,8-9,11,13H2/t14-/m1/s1. The third-order valence-corrected chi connectivity index (χ3v) is 5.64. The highest BCUT2D eigenvalue weighted by Gasteiger charge is 2.24. The van der Waals surface area contributed by atoms with Crippen LogP contribution >= 0.6 is 11.3 Å². The van der Waals surface area contributed by atoms with Crippen molar-refractivity contribution in [2.75, 3.05) is 13.1 Å². The van der Waals surface area contributed by atoms with Gasteiger partial charge in [-0.2, -0.15) is 5.10 Å². The Morgan fingerprint density at radius 3 is 3.04 bits per heavy atom. The van der Waals surface area contributed by atoms with E-state index in [9.17, 15) is 4.79 Å². The van der Waals surface area contributed by atoms with Crippen molar-refractivity contribution in [3.63, 3.8) is 0 Å². The van der Waals surface area contributed by atoms with Crippen LogP contribution in [0.2, 0.25) is 0 Å². The Hall–Kier alpha value is -2.21. The molecule has 0 N–H and O–H groups in total. The molecule has 1 saturated heterocycles. The minimum atomic E-state index is 0.228. The second-order valence-corrected chi connectivity index (χ2v) is 7.31. The maximum Gasteiger partial charge on any atom is 0.223 e. The minimum absolute atomic E-state index is 0.228. The number of nitrogens with zero attached hydrogens (tertiary/aromatic N) is 4. The quantitative estimate of drug-likeness (QED) is 0.732. The van der Waals surface area contributed by atoms with Gasteiger partial charge in [0.2, 0.25) is 5.91 Å². The Balaban J connectivity index is 1.37. The Morgan fingerprint density at radius 2 is 2.21 bits per heavy atom. The number of aromatic nitrogens is 3. The van der Waals surface area contributed by atoms with Crippen molar-refractivity contribution in [2.24, 2.45) is 0 Å². The number of amides is 1. The SMILES string of the molecule is O=C(CCc1nc2ccccc2s1)N1CCC[C@@H](n2cccn2)C1. The van der Waals surface area contributed by atoms with Crippen LogP contribution in [0.1, 0.15) is 30.3 Å². The average molecular weight is 340 g/mol. The number of hydrogen-bond acceptors (Lipinski definition) is 4. The van der Waals surface area contributed by atoms with Gasteiger partial charge in [-0.3, -0.25) is 9.48 Å². The zero-order valence-corrected chi connectivity index (χ0v) is 14.3. The molecule has 5 nitrogen and oxygen atoms in total. The van der Waals surface area contributed by atoms with Gasteiger partial charge in [-0.05, 0) is 31.0 Å². The highest BCUT2D eigenvalue weighted by atomic mass is 32.1. The summed E-state index contributed by atoms with van der Waals surface area (Å²) in [6.07, 6.45) is 7.17. The predicted molar refractivity (Wildman–Crippen MR) is 95.0 cm³/mol. The summed E-state index contributed by atoms with van der Waals surface area (Å²) in [5, 5.41) is 5.37. The van der Waals surface area contributed by atoms with Crippen molar-refractivity contribution in [3.05, 3.63) is 47.7 Å². The molecule has 0 bridgehead atoms. The van der Waals surface area contributed by atoms with Crippen molar-refractivity contribution in [1.29, 1.82) is 0 Å². The number of aryl methyl sites for hydroxylation is 1. The molecule has 3 heterocycles. The van der Waals surface area contributed by atoms with Gasteiger partial charge in [0.1, 0.15) is 0 Å². The smallest absolute Gasteiger partial charge is 0.223 e. The first-order chi connectivity index (χ1) is 11.8. The van der Waals surface area contributed by atoms with Crippen molar-refractivity contribution in [3.8, 4) is 0 Å². The van der Waals surface area contributed by atoms with Crippen LogP contribution in [0.15, 0.2) is 42.7 Å². The normalized spacial score (nSPS) is 18.2. The van der Waals surface area contributed by atoms with Gasteiger partial charge in [0.05, 0.1) is 21.3 Å². The summed E-state index contributed by atoms with van der Waals surface area (Å²) in [5.41, 5.74) is 1.03. The lowest BCUT2D eigenvalue weighted by Gasteiger charge is -2.33. The number of thiazole rings is 1. The molecule has 124 valence electrons. The first-order valence-corrected chi connectivity index (χ1v) is 9.22. The number of benzene rings is 1. The predicted octanol–water partition coefficient (Wildman–Crippen LogP) is 3.29. The van der Waals surface area contributed by atoms with E-state index in [4.69, 9.17) is 0 Å². The third-order valence-electron chi connectivity index (χ3n) is 4.54. The Bertz CT molecular complexity index is 794. The van der Waals surface area contributed by atoms with E-state index >= 15 is 0 Å². The number of para-hydroxylation sites is 1. The van der Waals surface area contributed by atoms with Crippen LogP contribution in [-0.4, -0.2) is 38.7 Å². The van der Waals surface area contributed by atoms with Crippen LogP contribution in [0.5, 0.6) is 0 Å². The molecule has 3 aromatic rings. The Kier molecular flexibility index (Phi) is 4.30. The zero-order valence-electron chi connectivity index (χ0n) is 13.5. The van der Waals surface area contributed by atoms with Gasteiger partial charge in [0.25, 0.3) is 0 Å². The van der Waals surface area contributed by atoms with Crippen molar-refractivity contribution >= 4 is 27.5 Å². The number of fused-ring (bicyclic) bond motifs is 1. The van der Waals surface area contributed by atoms with Gasteiger partial charge >= 0.3 is 0 Å². The lowest BCUT2D eigenvalue weighted by molar-refractivity contribution is -0.132. The van der Waals surface area contributed by atoms with Crippen molar-refractivity contribution < 1.29 is 4.79 Å². The van der Waals surface area contributed by atoms with Crippen LogP contribution < -0.4 is 0 Å². The maximum absolute atomic E-state index is 12.6. The number of carbonyl (C=O) groups is 1. The Morgan fingerprint density at radius 1 is 1.29 bits per heavy atom. The van der Waals surface area contributed by atoms with E-state index in [2.05, 4.69) is 16.1 Å². The third kappa shape index (κ3) is 3.19. The monoisotopic (exact) mass is 340 g/mol. The van der Waals surface area contributed by atoms with E-state index in [1.165, 1.54) is 4.70 Å². The largest absolute Gasteiger partial charge is 0.341 e. The maximum atomic E-state index is 12.6. The van der Waals surface area contributed by atoms with Crippen molar-refractivity contribution in [1.82, 2.24) is 19.7 Å². The summed E-state index contributed by atoms with van der Waals surface area (Å²) in [5.74, 6) is 0.228. The fraction of sp³-hybridized carbons (Fsp3) is 0.389. The highest BCUT2D eigenvalue weighted by molar-refractivity contribution is 7.18. The molecule has 2 aromatic heterocycles. The van der Waals surface area contributed by atoms with E-state index in [1.807, 2.05) is 40.0 Å².